The second-order valence-electron chi connectivity index (χ2n) is 9.61. The van der Waals surface area contributed by atoms with E-state index in [9.17, 15) is 4.79 Å². The SMILES string of the molecule is CC1(C)CCCN1C(=O)[C@H]1CCc2c(sc3ncnc(Nc4cc5ccnn5cc4Cl)c23)C1. The summed E-state index contributed by atoms with van der Waals surface area (Å²) in [6, 6.07) is 3.90. The van der Waals surface area contributed by atoms with Crippen molar-refractivity contribution < 1.29 is 4.79 Å². The normalized spacial score (nSPS) is 19.8. The van der Waals surface area contributed by atoms with Gasteiger partial charge in [-0.1, -0.05) is 11.6 Å². The minimum Gasteiger partial charge on any atom is -0.338 e. The third-order valence-corrected chi connectivity index (χ3v) is 8.56. The van der Waals surface area contributed by atoms with Crippen LogP contribution in [0.4, 0.5) is 11.5 Å². The second-order valence-corrected chi connectivity index (χ2v) is 11.1. The third kappa shape index (κ3) is 3.47. The molecule has 1 atom stereocenters. The highest BCUT2D eigenvalue weighted by molar-refractivity contribution is 7.19. The molecule has 1 N–H and O–H groups in total. The summed E-state index contributed by atoms with van der Waals surface area (Å²) < 4.78 is 1.74. The number of aryl methyl sites for hydroxylation is 1. The fourth-order valence-corrected chi connectivity index (χ4v) is 6.78. The highest BCUT2D eigenvalue weighted by Crippen LogP contribution is 2.42. The van der Waals surface area contributed by atoms with E-state index in [0.29, 0.717) is 10.9 Å². The highest BCUT2D eigenvalue weighted by Gasteiger charge is 2.39. The largest absolute Gasteiger partial charge is 0.338 e. The summed E-state index contributed by atoms with van der Waals surface area (Å²) in [5, 5.41) is 9.29. The maximum absolute atomic E-state index is 13.3. The summed E-state index contributed by atoms with van der Waals surface area (Å²) in [7, 11) is 0. The molecule has 0 saturated carbocycles. The number of halogens is 1. The first kappa shape index (κ1) is 20.9. The van der Waals surface area contributed by atoms with Crippen LogP contribution in [-0.2, 0) is 17.6 Å². The van der Waals surface area contributed by atoms with Gasteiger partial charge in [0, 0.05) is 35.3 Å². The van der Waals surface area contributed by atoms with Crippen LogP contribution in [0.3, 0.4) is 0 Å². The van der Waals surface area contributed by atoms with Gasteiger partial charge in [-0.15, -0.1) is 11.3 Å². The van der Waals surface area contributed by atoms with Crippen LogP contribution in [0.15, 0.2) is 30.9 Å². The van der Waals surface area contributed by atoms with Gasteiger partial charge in [-0.05, 0) is 63.6 Å². The molecule has 1 aliphatic heterocycles. The molecule has 6 rings (SSSR count). The predicted molar refractivity (Wildman–Crippen MR) is 131 cm³/mol. The minimum atomic E-state index is -0.0318. The molecule has 1 fully saturated rings. The highest BCUT2D eigenvalue weighted by atomic mass is 35.5. The van der Waals surface area contributed by atoms with E-state index in [0.717, 1.165) is 65.9 Å². The Labute approximate surface area is 200 Å². The Hall–Kier alpha value is -2.71. The standard InChI is InChI=1S/C24H25ClN6OS/c1-24(2)7-3-9-30(24)23(32)14-4-5-16-19(10-14)33-22-20(16)21(26-13-27-22)29-18-11-15-6-8-28-31(15)12-17(18)25/h6,8,11-14H,3-5,7,9-10H2,1-2H3,(H,26,27,29)/t14-/m0/s1. The molecule has 0 spiro atoms. The van der Waals surface area contributed by atoms with Crippen LogP contribution in [0, 0.1) is 5.92 Å². The maximum Gasteiger partial charge on any atom is 0.226 e. The fraction of sp³-hybridized carbons (Fsp3) is 0.417. The van der Waals surface area contributed by atoms with Crippen molar-refractivity contribution in [1.82, 2.24) is 24.5 Å². The monoisotopic (exact) mass is 480 g/mol. The van der Waals surface area contributed by atoms with Gasteiger partial charge in [0.25, 0.3) is 0 Å². The zero-order valence-corrected chi connectivity index (χ0v) is 20.2. The number of rotatable bonds is 3. The van der Waals surface area contributed by atoms with Crippen molar-refractivity contribution in [3.63, 3.8) is 0 Å². The molecule has 5 heterocycles. The van der Waals surface area contributed by atoms with Crippen LogP contribution < -0.4 is 5.32 Å². The van der Waals surface area contributed by atoms with Crippen LogP contribution >= 0.6 is 22.9 Å². The number of carbonyl (C=O) groups excluding carboxylic acids is 1. The number of aromatic nitrogens is 4. The number of thiophene rings is 1. The number of amides is 1. The molecule has 4 aromatic heterocycles. The summed E-state index contributed by atoms with van der Waals surface area (Å²) in [5.74, 6) is 1.12. The molecule has 1 amide bonds. The molecule has 0 radical (unpaired) electrons. The number of anilines is 2. The molecular formula is C24H25ClN6OS. The van der Waals surface area contributed by atoms with Crippen LogP contribution in [0.1, 0.15) is 43.6 Å². The molecule has 1 saturated heterocycles. The molecule has 33 heavy (non-hydrogen) atoms. The van der Waals surface area contributed by atoms with E-state index in [1.165, 1.54) is 10.4 Å². The average Bonchev–Trinajstić information content (AvgIpc) is 3.49. The summed E-state index contributed by atoms with van der Waals surface area (Å²) in [6.45, 7) is 5.25. The lowest BCUT2D eigenvalue weighted by Gasteiger charge is -2.35. The molecule has 4 aromatic rings. The molecule has 2 aliphatic rings. The Morgan fingerprint density at radius 1 is 1.33 bits per heavy atom. The van der Waals surface area contributed by atoms with Crippen LogP contribution in [0.5, 0.6) is 0 Å². The fourth-order valence-electron chi connectivity index (χ4n) is 5.32. The lowest BCUT2D eigenvalue weighted by atomic mass is 9.86. The van der Waals surface area contributed by atoms with Gasteiger partial charge >= 0.3 is 0 Å². The van der Waals surface area contributed by atoms with Crippen molar-refractivity contribution in [3.05, 3.63) is 46.3 Å². The Morgan fingerprint density at radius 3 is 3.03 bits per heavy atom. The molecule has 170 valence electrons. The Bertz CT molecular complexity index is 1390. The molecule has 9 heteroatoms. The summed E-state index contributed by atoms with van der Waals surface area (Å²) >= 11 is 8.20. The van der Waals surface area contributed by atoms with Crippen LogP contribution in [0.2, 0.25) is 5.02 Å². The lowest BCUT2D eigenvalue weighted by Crippen LogP contribution is -2.46. The number of fused-ring (bicyclic) bond motifs is 4. The van der Waals surface area contributed by atoms with Gasteiger partial charge in [0.05, 0.1) is 21.6 Å². The van der Waals surface area contributed by atoms with Crippen molar-refractivity contribution >= 4 is 56.1 Å². The first-order chi connectivity index (χ1) is 15.9. The van der Waals surface area contributed by atoms with E-state index in [1.54, 1.807) is 34.6 Å². The van der Waals surface area contributed by atoms with E-state index < -0.39 is 0 Å². The third-order valence-electron chi connectivity index (χ3n) is 7.10. The second kappa shape index (κ2) is 7.67. The molecule has 0 unspecified atom stereocenters. The smallest absolute Gasteiger partial charge is 0.226 e. The number of pyridine rings is 1. The quantitative estimate of drug-likeness (QED) is 0.434. The van der Waals surface area contributed by atoms with Gasteiger partial charge in [0.1, 0.15) is 17.0 Å². The first-order valence-electron chi connectivity index (χ1n) is 11.4. The van der Waals surface area contributed by atoms with Gasteiger partial charge in [-0.2, -0.15) is 5.10 Å². The number of hydrogen-bond acceptors (Lipinski definition) is 6. The Morgan fingerprint density at radius 2 is 2.21 bits per heavy atom. The van der Waals surface area contributed by atoms with E-state index in [-0.39, 0.29) is 11.5 Å². The van der Waals surface area contributed by atoms with E-state index in [2.05, 4.69) is 39.1 Å². The predicted octanol–water partition coefficient (Wildman–Crippen LogP) is 5.24. The van der Waals surface area contributed by atoms with E-state index in [1.807, 2.05) is 12.1 Å². The average molecular weight is 481 g/mol. The molecular weight excluding hydrogens is 456 g/mol. The Kier molecular flexibility index (Phi) is 4.85. The van der Waals surface area contributed by atoms with E-state index in [4.69, 9.17) is 11.6 Å². The van der Waals surface area contributed by atoms with E-state index >= 15 is 0 Å². The molecule has 1 aliphatic carbocycles. The van der Waals surface area contributed by atoms with Crippen molar-refractivity contribution in [2.45, 2.75) is 51.5 Å². The van der Waals surface area contributed by atoms with Crippen LogP contribution in [-0.4, -0.2) is 42.5 Å². The minimum absolute atomic E-state index is 0.0318. The zero-order valence-electron chi connectivity index (χ0n) is 18.6. The lowest BCUT2D eigenvalue weighted by molar-refractivity contribution is -0.139. The van der Waals surface area contributed by atoms with Crippen molar-refractivity contribution in [2.75, 3.05) is 11.9 Å². The van der Waals surface area contributed by atoms with Crippen molar-refractivity contribution in [2.24, 2.45) is 5.92 Å². The molecule has 7 nitrogen and oxygen atoms in total. The van der Waals surface area contributed by atoms with Gasteiger partial charge in [0.15, 0.2) is 0 Å². The topological polar surface area (TPSA) is 75.4 Å². The number of likely N-dealkylation sites (tertiary alicyclic amines) is 1. The van der Waals surface area contributed by atoms with Gasteiger partial charge in [0.2, 0.25) is 5.91 Å². The van der Waals surface area contributed by atoms with Gasteiger partial charge in [-0.25, -0.2) is 14.5 Å². The van der Waals surface area contributed by atoms with Crippen LogP contribution in [0.25, 0.3) is 15.7 Å². The molecule has 0 bridgehead atoms. The van der Waals surface area contributed by atoms with Gasteiger partial charge in [-0.3, -0.25) is 4.79 Å². The summed E-state index contributed by atoms with van der Waals surface area (Å²) in [5.41, 5.74) is 2.97. The number of nitrogens with one attached hydrogen (secondary N) is 1. The van der Waals surface area contributed by atoms with Crippen molar-refractivity contribution in [3.8, 4) is 0 Å². The zero-order chi connectivity index (χ0) is 22.7. The summed E-state index contributed by atoms with van der Waals surface area (Å²) in [4.78, 5) is 26.8. The first-order valence-corrected chi connectivity index (χ1v) is 12.6. The molecule has 0 aromatic carbocycles. The maximum atomic E-state index is 13.3. The summed E-state index contributed by atoms with van der Waals surface area (Å²) in [6.07, 6.45) is 9.80. The number of hydrogen-bond donors (Lipinski definition) is 1. The Balaban J connectivity index is 1.32. The number of nitrogens with zero attached hydrogens (tertiary/aromatic N) is 5. The van der Waals surface area contributed by atoms with Gasteiger partial charge < -0.3 is 10.2 Å². The van der Waals surface area contributed by atoms with Crippen molar-refractivity contribution in [1.29, 1.82) is 0 Å². The number of carbonyl (C=O) groups is 1.